The van der Waals surface area contributed by atoms with E-state index in [0.29, 0.717) is 17.7 Å². The van der Waals surface area contributed by atoms with E-state index in [4.69, 9.17) is 9.47 Å². The Kier molecular flexibility index (Phi) is 4.62. The molecular weight excluding hydrogens is 196 g/mol. The van der Waals surface area contributed by atoms with Crippen molar-refractivity contribution in [3.63, 3.8) is 0 Å². The van der Waals surface area contributed by atoms with Crippen LogP contribution in [0.2, 0.25) is 0 Å². The van der Waals surface area contributed by atoms with Gasteiger partial charge in [0.1, 0.15) is 0 Å². The van der Waals surface area contributed by atoms with Crippen molar-refractivity contribution in [3.8, 4) is 11.8 Å². The van der Waals surface area contributed by atoms with Gasteiger partial charge < -0.3 is 20.1 Å². The molecule has 6 nitrogen and oxygen atoms in total. The molecule has 0 radical (unpaired) electrons. The molecule has 1 aromatic rings. The Morgan fingerprint density at radius 1 is 1.13 bits per heavy atom. The van der Waals surface area contributed by atoms with Gasteiger partial charge in [-0.2, -0.15) is 9.97 Å². The molecule has 0 bridgehead atoms. The van der Waals surface area contributed by atoms with Crippen LogP contribution in [0.1, 0.15) is 0 Å². The average Bonchev–Trinajstić information content (AvgIpc) is 2.29. The van der Waals surface area contributed by atoms with E-state index < -0.39 is 0 Å². The molecule has 0 aliphatic heterocycles. The number of rotatable bonds is 6. The van der Waals surface area contributed by atoms with Gasteiger partial charge in [-0.25, -0.2) is 0 Å². The molecule has 84 valence electrons. The van der Waals surface area contributed by atoms with Crippen LogP contribution in [0.4, 0.5) is 5.95 Å². The van der Waals surface area contributed by atoms with Gasteiger partial charge in [-0.3, -0.25) is 0 Å². The van der Waals surface area contributed by atoms with Crippen molar-refractivity contribution in [3.05, 3.63) is 6.07 Å². The maximum absolute atomic E-state index is 5.02. The van der Waals surface area contributed by atoms with Gasteiger partial charge in [-0.1, -0.05) is 0 Å². The molecule has 1 rings (SSSR count). The van der Waals surface area contributed by atoms with Gasteiger partial charge in [0, 0.05) is 13.1 Å². The van der Waals surface area contributed by atoms with Gasteiger partial charge in [0.2, 0.25) is 17.7 Å². The Morgan fingerprint density at radius 3 is 2.20 bits per heavy atom. The predicted octanol–water partition coefficient (Wildman–Crippen LogP) is 0.125. The van der Waals surface area contributed by atoms with E-state index in [0.717, 1.165) is 13.1 Å². The summed E-state index contributed by atoms with van der Waals surface area (Å²) in [5.41, 5.74) is 0. The zero-order valence-electron chi connectivity index (χ0n) is 9.20. The Hall–Kier alpha value is -1.56. The molecule has 0 fully saturated rings. The number of likely N-dealkylation sites (N-methyl/N-ethyl adjacent to an activating group) is 1. The summed E-state index contributed by atoms with van der Waals surface area (Å²) >= 11 is 0. The molecule has 0 atom stereocenters. The third-order valence-electron chi connectivity index (χ3n) is 1.76. The van der Waals surface area contributed by atoms with E-state index in [1.54, 1.807) is 20.3 Å². The average molecular weight is 212 g/mol. The normalized spacial score (nSPS) is 9.80. The SMILES string of the molecule is CNCCNc1nc(OC)cc(OC)n1. The molecule has 0 aliphatic rings. The maximum atomic E-state index is 5.02. The van der Waals surface area contributed by atoms with Crippen LogP contribution < -0.4 is 20.1 Å². The summed E-state index contributed by atoms with van der Waals surface area (Å²) in [6, 6.07) is 1.63. The number of nitrogens with zero attached hydrogens (tertiary/aromatic N) is 2. The third kappa shape index (κ3) is 3.59. The minimum absolute atomic E-state index is 0.480. The number of hydrogen-bond acceptors (Lipinski definition) is 6. The van der Waals surface area contributed by atoms with E-state index in [1.165, 1.54) is 0 Å². The topological polar surface area (TPSA) is 68.3 Å². The van der Waals surface area contributed by atoms with Crippen molar-refractivity contribution in [1.29, 1.82) is 0 Å². The molecule has 1 heterocycles. The molecule has 0 saturated carbocycles. The van der Waals surface area contributed by atoms with Gasteiger partial charge in [-0.15, -0.1) is 0 Å². The van der Waals surface area contributed by atoms with Gasteiger partial charge >= 0.3 is 0 Å². The molecule has 0 aliphatic carbocycles. The fraction of sp³-hybridized carbons (Fsp3) is 0.556. The minimum atomic E-state index is 0.480. The van der Waals surface area contributed by atoms with E-state index >= 15 is 0 Å². The van der Waals surface area contributed by atoms with E-state index in [2.05, 4.69) is 20.6 Å². The summed E-state index contributed by atoms with van der Waals surface area (Å²) in [5, 5.41) is 6.06. The number of hydrogen-bond donors (Lipinski definition) is 2. The number of ether oxygens (including phenoxy) is 2. The number of nitrogens with one attached hydrogen (secondary N) is 2. The Morgan fingerprint density at radius 2 is 1.73 bits per heavy atom. The molecule has 1 aromatic heterocycles. The zero-order chi connectivity index (χ0) is 11.1. The highest BCUT2D eigenvalue weighted by Gasteiger charge is 2.03. The lowest BCUT2D eigenvalue weighted by Crippen LogP contribution is -2.18. The minimum Gasteiger partial charge on any atom is -0.481 e. The first-order valence-electron chi connectivity index (χ1n) is 4.65. The summed E-state index contributed by atoms with van der Waals surface area (Å²) in [5.74, 6) is 1.46. The lowest BCUT2D eigenvalue weighted by molar-refractivity contribution is 0.373. The quantitative estimate of drug-likeness (QED) is 0.653. The van der Waals surface area contributed by atoms with Crippen molar-refractivity contribution in [2.75, 3.05) is 39.7 Å². The highest BCUT2D eigenvalue weighted by molar-refractivity contribution is 5.33. The molecular formula is C9H16N4O2. The lowest BCUT2D eigenvalue weighted by Gasteiger charge is -2.07. The number of methoxy groups -OCH3 is 2. The van der Waals surface area contributed by atoms with E-state index in [-0.39, 0.29) is 0 Å². The van der Waals surface area contributed by atoms with Crippen molar-refractivity contribution in [1.82, 2.24) is 15.3 Å². The first-order chi connectivity index (χ1) is 7.30. The van der Waals surface area contributed by atoms with E-state index in [9.17, 15) is 0 Å². The van der Waals surface area contributed by atoms with Crippen LogP contribution in [0.3, 0.4) is 0 Å². The van der Waals surface area contributed by atoms with Crippen molar-refractivity contribution in [2.24, 2.45) is 0 Å². The lowest BCUT2D eigenvalue weighted by atomic mass is 10.5. The predicted molar refractivity (Wildman–Crippen MR) is 57.6 cm³/mol. The number of anilines is 1. The molecule has 0 amide bonds. The van der Waals surface area contributed by atoms with Crippen LogP contribution in [0.25, 0.3) is 0 Å². The Bertz CT molecular complexity index is 284. The largest absolute Gasteiger partial charge is 0.481 e. The maximum Gasteiger partial charge on any atom is 0.229 e. The van der Waals surface area contributed by atoms with Crippen LogP contribution in [0.5, 0.6) is 11.8 Å². The Labute approximate surface area is 89.0 Å². The fourth-order valence-electron chi connectivity index (χ4n) is 0.991. The van der Waals surface area contributed by atoms with Crippen molar-refractivity contribution >= 4 is 5.95 Å². The van der Waals surface area contributed by atoms with Crippen LogP contribution in [0, 0.1) is 0 Å². The highest BCUT2D eigenvalue weighted by atomic mass is 16.5. The van der Waals surface area contributed by atoms with Crippen molar-refractivity contribution < 1.29 is 9.47 Å². The van der Waals surface area contributed by atoms with Crippen molar-refractivity contribution in [2.45, 2.75) is 0 Å². The summed E-state index contributed by atoms with van der Waals surface area (Å²) in [7, 11) is 4.99. The standard InChI is InChI=1S/C9H16N4O2/c1-10-4-5-11-9-12-7(14-2)6-8(13-9)15-3/h6,10H,4-5H2,1-3H3,(H,11,12,13). The monoisotopic (exact) mass is 212 g/mol. The van der Waals surface area contributed by atoms with Crippen LogP contribution in [-0.2, 0) is 0 Å². The smallest absolute Gasteiger partial charge is 0.229 e. The summed E-state index contributed by atoms with van der Waals surface area (Å²) in [4.78, 5) is 8.24. The summed E-state index contributed by atoms with van der Waals surface area (Å²) < 4.78 is 10.0. The molecule has 2 N–H and O–H groups in total. The molecule has 6 heteroatoms. The first-order valence-corrected chi connectivity index (χ1v) is 4.65. The molecule has 0 unspecified atom stereocenters. The van der Waals surface area contributed by atoms with Gasteiger partial charge in [0.15, 0.2) is 0 Å². The van der Waals surface area contributed by atoms with Crippen LogP contribution in [0.15, 0.2) is 6.07 Å². The zero-order valence-corrected chi connectivity index (χ0v) is 9.20. The van der Waals surface area contributed by atoms with Gasteiger partial charge in [-0.05, 0) is 7.05 Å². The second-order valence-electron chi connectivity index (χ2n) is 2.81. The number of aromatic nitrogens is 2. The molecule has 15 heavy (non-hydrogen) atoms. The van der Waals surface area contributed by atoms with E-state index in [1.807, 2.05) is 7.05 Å². The molecule has 0 aromatic carbocycles. The first kappa shape index (κ1) is 11.5. The highest BCUT2D eigenvalue weighted by Crippen LogP contribution is 2.16. The fourth-order valence-corrected chi connectivity index (χ4v) is 0.991. The molecule has 0 spiro atoms. The molecule has 0 saturated heterocycles. The summed E-state index contributed by atoms with van der Waals surface area (Å²) in [6.45, 7) is 1.58. The van der Waals surface area contributed by atoms with Crippen LogP contribution in [-0.4, -0.2) is 44.3 Å². The van der Waals surface area contributed by atoms with Gasteiger partial charge in [0.05, 0.1) is 20.3 Å². The third-order valence-corrected chi connectivity index (χ3v) is 1.76. The Balaban J connectivity index is 2.68. The van der Waals surface area contributed by atoms with Gasteiger partial charge in [0.25, 0.3) is 0 Å². The summed E-state index contributed by atoms with van der Waals surface area (Å²) in [6.07, 6.45) is 0. The second kappa shape index (κ2) is 6.02. The second-order valence-corrected chi connectivity index (χ2v) is 2.81. The van der Waals surface area contributed by atoms with Crippen LogP contribution >= 0.6 is 0 Å².